The van der Waals surface area contributed by atoms with Crippen molar-refractivity contribution in [3.63, 3.8) is 0 Å². The van der Waals surface area contributed by atoms with Crippen LogP contribution >= 0.6 is 0 Å². The SMILES string of the molecule is CCCCCC(NC)c1ccc(C(C)(C)C)cc1. The molecule has 0 heterocycles. The molecular formula is C17H29N. The van der Waals surface area contributed by atoms with E-state index in [0.717, 1.165) is 0 Å². The van der Waals surface area contributed by atoms with Gasteiger partial charge in [0, 0.05) is 6.04 Å². The molecule has 1 atom stereocenters. The van der Waals surface area contributed by atoms with Gasteiger partial charge in [0.1, 0.15) is 0 Å². The average molecular weight is 247 g/mol. The highest BCUT2D eigenvalue weighted by Gasteiger charge is 2.14. The molecule has 1 aromatic rings. The highest BCUT2D eigenvalue weighted by atomic mass is 14.9. The van der Waals surface area contributed by atoms with Crippen LogP contribution in [0.3, 0.4) is 0 Å². The Morgan fingerprint density at radius 3 is 2.11 bits per heavy atom. The summed E-state index contributed by atoms with van der Waals surface area (Å²) < 4.78 is 0. The Bertz CT molecular complexity index is 332. The Morgan fingerprint density at radius 1 is 1.06 bits per heavy atom. The molecule has 0 aromatic heterocycles. The smallest absolute Gasteiger partial charge is 0.0317 e. The Kier molecular flexibility index (Phi) is 5.87. The predicted octanol–water partition coefficient (Wildman–Crippen LogP) is 4.82. The second-order valence-corrected chi connectivity index (χ2v) is 6.21. The number of hydrogen-bond acceptors (Lipinski definition) is 1. The van der Waals surface area contributed by atoms with Crippen LogP contribution in [0.2, 0.25) is 0 Å². The maximum atomic E-state index is 3.44. The van der Waals surface area contributed by atoms with Crippen molar-refractivity contribution in [1.82, 2.24) is 5.32 Å². The molecule has 0 saturated carbocycles. The fraction of sp³-hybridized carbons (Fsp3) is 0.647. The van der Waals surface area contributed by atoms with Gasteiger partial charge in [0.25, 0.3) is 0 Å². The number of hydrogen-bond donors (Lipinski definition) is 1. The summed E-state index contributed by atoms with van der Waals surface area (Å²) in [5.74, 6) is 0. The third-order valence-electron chi connectivity index (χ3n) is 3.62. The van der Waals surface area contributed by atoms with Crippen LogP contribution in [0.25, 0.3) is 0 Å². The van der Waals surface area contributed by atoms with Crippen LogP contribution in [0, 0.1) is 0 Å². The standard InChI is InChI=1S/C17H29N/c1-6-7-8-9-16(18-5)14-10-12-15(13-11-14)17(2,3)4/h10-13,16,18H,6-9H2,1-5H3. The summed E-state index contributed by atoms with van der Waals surface area (Å²) in [7, 11) is 2.06. The van der Waals surface area contributed by atoms with E-state index >= 15 is 0 Å². The highest BCUT2D eigenvalue weighted by Crippen LogP contribution is 2.25. The molecule has 1 N–H and O–H groups in total. The minimum absolute atomic E-state index is 0.246. The number of unbranched alkanes of at least 4 members (excludes halogenated alkanes) is 2. The first-order valence-corrected chi connectivity index (χ1v) is 7.26. The zero-order chi connectivity index (χ0) is 13.6. The van der Waals surface area contributed by atoms with E-state index in [1.807, 2.05) is 0 Å². The van der Waals surface area contributed by atoms with Crippen molar-refractivity contribution >= 4 is 0 Å². The van der Waals surface area contributed by atoms with Crippen LogP contribution in [0.1, 0.15) is 70.5 Å². The van der Waals surface area contributed by atoms with Gasteiger partial charge in [-0.15, -0.1) is 0 Å². The van der Waals surface area contributed by atoms with E-state index in [4.69, 9.17) is 0 Å². The molecule has 0 saturated heterocycles. The van der Waals surface area contributed by atoms with Crippen LogP contribution in [-0.4, -0.2) is 7.05 Å². The maximum absolute atomic E-state index is 3.44. The molecule has 0 aliphatic heterocycles. The third kappa shape index (κ3) is 4.45. The van der Waals surface area contributed by atoms with Crippen LogP contribution in [0.15, 0.2) is 24.3 Å². The molecule has 0 aliphatic rings. The fourth-order valence-corrected chi connectivity index (χ4v) is 2.29. The molecule has 1 nitrogen and oxygen atoms in total. The van der Waals surface area contributed by atoms with Crippen molar-refractivity contribution in [3.05, 3.63) is 35.4 Å². The first-order valence-electron chi connectivity index (χ1n) is 7.26. The molecule has 0 aliphatic carbocycles. The maximum Gasteiger partial charge on any atom is 0.0317 e. The summed E-state index contributed by atoms with van der Waals surface area (Å²) in [6.45, 7) is 9.04. The van der Waals surface area contributed by atoms with Gasteiger partial charge in [0.15, 0.2) is 0 Å². The zero-order valence-corrected chi connectivity index (χ0v) is 12.7. The number of rotatable bonds is 6. The van der Waals surface area contributed by atoms with E-state index in [0.29, 0.717) is 6.04 Å². The van der Waals surface area contributed by atoms with Crippen molar-refractivity contribution < 1.29 is 0 Å². The average Bonchev–Trinajstić information content (AvgIpc) is 2.34. The highest BCUT2D eigenvalue weighted by molar-refractivity contribution is 5.29. The zero-order valence-electron chi connectivity index (χ0n) is 12.7. The lowest BCUT2D eigenvalue weighted by Crippen LogP contribution is -2.17. The second kappa shape index (κ2) is 6.94. The fourth-order valence-electron chi connectivity index (χ4n) is 2.29. The lowest BCUT2D eigenvalue weighted by molar-refractivity contribution is 0.511. The molecule has 0 radical (unpaired) electrons. The van der Waals surface area contributed by atoms with Crippen LogP contribution in [-0.2, 0) is 5.41 Å². The topological polar surface area (TPSA) is 12.0 Å². The van der Waals surface area contributed by atoms with E-state index in [1.165, 1.54) is 36.8 Å². The summed E-state index contributed by atoms with van der Waals surface area (Å²) in [5, 5.41) is 3.44. The molecule has 1 aromatic carbocycles. The summed E-state index contributed by atoms with van der Waals surface area (Å²) in [4.78, 5) is 0. The van der Waals surface area contributed by atoms with E-state index in [9.17, 15) is 0 Å². The Balaban J connectivity index is 2.69. The molecule has 0 amide bonds. The summed E-state index contributed by atoms with van der Waals surface area (Å²) in [6, 6.07) is 9.63. The summed E-state index contributed by atoms with van der Waals surface area (Å²) in [6.07, 6.45) is 5.17. The van der Waals surface area contributed by atoms with E-state index < -0.39 is 0 Å². The van der Waals surface area contributed by atoms with Gasteiger partial charge in [0.05, 0.1) is 0 Å². The van der Waals surface area contributed by atoms with E-state index in [1.54, 1.807) is 0 Å². The van der Waals surface area contributed by atoms with E-state index in [-0.39, 0.29) is 5.41 Å². The molecule has 0 spiro atoms. The minimum Gasteiger partial charge on any atom is -0.313 e. The lowest BCUT2D eigenvalue weighted by Gasteiger charge is -2.21. The normalized spacial score (nSPS) is 13.6. The van der Waals surface area contributed by atoms with Crippen molar-refractivity contribution in [2.45, 2.75) is 64.8 Å². The molecule has 18 heavy (non-hydrogen) atoms. The van der Waals surface area contributed by atoms with Gasteiger partial charge in [-0.05, 0) is 30.0 Å². The largest absolute Gasteiger partial charge is 0.313 e. The van der Waals surface area contributed by atoms with Crippen LogP contribution in [0.5, 0.6) is 0 Å². The minimum atomic E-state index is 0.246. The molecule has 102 valence electrons. The van der Waals surface area contributed by atoms with Gasteiger partial charge in [-0.3, -0.25) is 0 Å². The summed E-state index contributed by atoms with van der Waals surface area (Å²) in [5.41, 5.74) is 3.08. The Morgan fingerprint density at radius 2 is 1.67 bits per heavy atom. The monoisotopic (exact) mass is 247 g/mol. The van der Waals surface area contributed by atoms with Gasteiger partial charge in [0.2, 0.25) is 0 Å². The van der Waals surface area contributed by atoms with E-state index in [2.05, 4.69) is 64.3 Å². The van der Waals surface area contributed by atoms with Crippen molar-refractivity contribution in [1.29, 1.82) is 0 Å². The molecule has 1 rings (SSSR count). The molecule has 1 heteroatoms. The predicted molar refractivity (Wildman–Crippen MR) is 81.1 cm³/mol. The Hall–Kier alpha value is -0.820. The van der Waals surface area contributed by atoms with Gasteiger partial charge < -0.3 is 5.32 Å². The third-order valence-corrected chi connectivity index (χ3v) is 3.62. The molecular weight excluding hydrogens is 218 g/mol. The van der Waals surface area contributed by atoms with Crippen molar-refractivity contribution in [2.75, 3.05) is 7.05 Å². The van der Waals surface area contributed by atoms with Crippen molar-refractivity contribution in [3.8, 4) is 0 Å². The molecule has 0 bridgehead atoms. The number of benzene rings is 1. The van der Waals surface area contributed by atoms with Gasteiger partial charge in [-0.2, -0.15) is 0 Å². The van der Waals surface area contributed by atoms with Gasteiger partial charge >= 0.3 is 0 Å². The van der Waals surface area contributed by atoms with Gasteiger partial charge in [-0.25, -0.2) is 0 Å². The van der Waals surface area contributed by atoms with Gasteiger partial charge in [-0.1, -0.05) is 71.2 Å². The molecule has 1 unspecified atom stereocenters. The quantitative estimate of drug-likeness (QED) is 0.710. The number of nitrogens with one attached hydrogen (secondary N) is 1. The first-order chi connectivity index (χ1) is 8.49. The Labute approximate surface area is 113 Å². The second-order valence-electron chi connectivity index (χ2n) is 6.21. The molecule has 0 fully saturated rings. The van der Waals surface area contributed by atoms with Crippen LogP contribution < -0.4 is 5.32 Å². The van der Waals surface area contributed by atoms with Crippen LogP contribution in [0.4, 0.5) is 0 Å². The summed E-state index contributed by atoms with van der Waals surface area (Å²) >= 11 is 0. The lowest BCUT2D eigenvalue weighted by atomic mass is 9.86. The van der Waals surface area contributed by atoms with Crippen molar-refractivity contribution in [2.24, 2.45) is 0 Å². The first kappa shape index (κ1) is 15.2.